The summed E-state index contributed by atoms with van der Waals surface area (Å²) < 4.78 is 52.0. The van der Waals surface area contributed by atoms with Gasteiger partial charge in [-0.2, -0.15) is 4.98 Å². The monoisotopic (exact) mass is 496 g/mol. The lowest BCUT2D eigenvalue weighted by atomic mass is 10.1. The van der Waals surface area contributed by atoms with Crippen molar-refractivity contribution in [1.82, 2.24) is 9.55 Å². The molecule has 1 aliphatic rings. The minimum absolute atomic E-state index is 0.140. The van der Waals surface area contributed by atoms with E-state index in [1.807, 2.05) is 0 Å². The summed E-state index contributed by atoms with van der Waals surface area (Å²) in [6.45, 7) is -0.999. The topological polar surface area (TPSA) is 230 Å². The van der Waals surface area contributed by atoms with Crippen molar-refractivity contribution in [3.05, 3.63) is 40.9 Å². The van der Waals surface area contributed by atoms with E-state index in [9.17, 15) is 13.9 Å². The molecule has 0 spiro atoms. The van der Waals surface area contributed by atoms with Crippen molar-refractivity contribution < 1.29 is 46.9 Å². The number of nitrogens with zero attached hydrogens (tertiary/aromatic N) is 2. The second-order valence-corrected chi connectivity index (χ2v) is 9.10. The molecule has 176 valence electrons. The van der Waals surface area contributed by atoms with Crippen LogP contribution in [0.1, 0.15) is 6.23 Å². The number of nitrogens with two attached hydrogens (primary N) is 2. The predicted octanol–water partition coefficient (Wildman–Crippen LogP) is -0.103. The molecule has 0 aliphatic carbocycles. The van der Waals surface area contributed by atoms with Gasteiger partial charge in [-0.3, -0.25) is 13.6 Å². The van der Waals surface area contributed by atoms with E-state index in [1.165, 1.54) is 0 Å². The maximum Gasteiger partial charge on any atom is 0.470 e. The van der Waals surface area contributed by atoms with Crippen LogP contribution in [0.3, 0.4) is 0 Å². The maximum atomic E-state index is 15.1. The van der Waals surface area contributed by atoms with Crippen molar-refractivity contribution in [1.29, 1.82) is 0 Å². The number of nitrogen functional groups attached to an aromatic ring is 2. The van der Waals surface area contributed by atoms with Gasteiger partial charge in [-0.15, -0.1) is 0 Å². The Kier molecular flexibility index (Phi) is 6.86. The molecule has 0 amide bonds. The van der Waals surface area contributed by atoms with Crippen LogP contribution in [-0.4, -0.2) is 54.1 Å². The normalized spacial score (nSPS) is 24.0. The van der Waals surface area contributed by atoms with Crippen molar-refractivity contribution >= 4 is 27.2 Å². The van der Waals surface area contributed by atoms with Gasteiger partial charge in [0.15, 0.2) is 12.4 Å². The van der Waals surface area contributed by atoms with Crippen LogP contribution in [-0.2, 0) is 22.9 Å². The first-order chi connectivity index (χ1) is 14.8. The average molecular weight is 496 g/mol. The van der Waals surface area contributed by atoms with E-state index in [1.54, 1.807) is 24.3 Å². The van der Waals surface area contributed by atoms with Crippen molar-refractivity contribution in [2.75, 3.05) is 18.1 Å². The summed E-state index contributed by atoms with van der Waals surface area (Å²) in [5, 5.41) is 0. The van der Waals surface area contributed by atoms with Gasteiger partial charge in [0.25, 0.3) is 0 Å². The second kappa shape index (κ2) is 8.98. The zero-order chi connectivity index (χ0) is 23.8. The molecule has 0 radical (unpaired) electrons. The number of hydrogen-bond acceptors (Lipinski definition) is 9. The Morgan fingerprint density at radius 1 is 1.12 bits per heavy atom. The number of aromatic nitrogens is 2. The lowest BCUT2D eigenvalue weighted by Gasteiger charge is -2.20. The Balaban J connectivity index is 2.02. The van der Waals surface area contributed by atoms with Crippen LogP contribution in [0.5, 0.6) is 0 Å². The molecule has 14 nitrogen and oxygen atoms in total. The molecule has 2 heterocycles. The van der Waals surface area contributed by atoms with E-state index in [4.69, 9.17) is 35.8 Å². The zero-order valence-corrected chi connectivity index (χ0v) is 17.8. The number of phosphoric ester groups is 2. The van der Waals surface area contributed by atoms with Gasteiger partial charge in [0, 0.05) is 23.0 Å². The molecular formula is C15H19FN4O10P2. The lowest BCUT2D eigenvalue weighted by molar-refractivity contribution is -0.0477. The van der Waals surface area contributed by atoms with E-state index in [0.717, 1.165) is 6.20 Å². The van der Waals surface area contributed by atoms with Gasteiger partial charge in [-0.1, -0.05) is 18.2 Å². The molecule has 8 N–H and O–H groups in total. The van der Waals surface area contributed by atoms with E-state index in [2.05, 4.69) is 14.0 Å². The van der Waals surface area contributed by atoms with Gasteiger partial charge in [0.2, 0.25) is 0 Å². The van der Waals surface area contributed by atoms with Crippen LogP contribution in [0.4, 0.5) is 15.9 Å². The molecule has 4 atom stereocenters. The zero-order valence-electron chi connectivity index (χ0n) is 16.0. The van der Waals surface area contributed by atoms with Gasteiger partial charge >= 0.3 is 21.3 Å². The summed E-state index contributed by atoms with van der Waals surface area (Å²) in [4.78, 5) is 51.9. The highest BCUT2D eigenvalue weighted by Crippen LogP contribution is 2.46. The number of ether oxygens (including phenoxy) is 1. The predicted molar refractivity (Wildman–Crippen MR) is 106 cm³/mol. The fourth-order valence-corrected chi connectivity index (χ4v) is 4.03. The second-order valence-electron chi connectivity index (χ2n) is 6.67. The molecule has 1 aromatic carbocycles. The Labute approximate surface area is 179 Å². The van der Waals surface area contributed by atoms with Crippen LogP contribution in [0, 0.1) is 0 Å². The SMILES string of the molecule is Nc1ccccc1-c1cn([C@@H]2O[C@H](COP(=O)(O)O)[C@@H](OP(=O)(O)O)[C@@H]2F)c(=O)nc1N. The molecule has 1 aliphatic heterocycles. The molecule has 1 saturated heterocycles. The smallest absolute Gasteiger partial charge is 0.398 e. The Morgan fingerprint density at radius 2 is 1.78 bits per heavy atom. The van der Waals surface area contributed by atoms with Gasteiger partial charge in [0.05, 0.1) is 6.61 Å². The van der Waals surface area contributed by atoms with Gasteiger partial charge in [-0.05, 0) is 6.07 Å². The summed E-state index contributed by atoms with van der Waals surface area (Å²) in [6, 6.07) is 6.39. The highest BCUT2D eigenvalue weighted by Gasteiger charge is 2.50. The van der Waals surface area contributed by atoms with E-state index < -0.39 is 52.5 Å². The van der Waals surface area contributed by atoms with E-state index >= 15 is 4.39 Å². The molecule has 3 rings (SSSR count). The number of anilines is 2. The Hall–Kier alpha value is -2.19. The Morgan fingerprint density at radius 3 is 2.38 bits per heavy atom. The quantitative estimate of drug-likeness (QED) is 0.217. The number of phosphoric acid groups is 2. The highest BCUT2D eigenvalue weighted by atomic mass is 31.2. The summed E-state index contributed by atoms with van der Waals surface area (Å²) in [5.41, 5.74) is 11.4. The number of para-hydroxylation sites is 1. The third kappa shape index (κ3) is 5.59. The molecule has 32 heavy (non-hydrogen) atoms. The van der Waals surface area contributed by atoms with Crippen LogP contribution >= 0.6 is 15.6 Å². The minimum Gasteiger partial charge on any atom is -0.398 e. The average Bonchev–Trinajstić information content (AvgIpc) is 2.95. The molecule has 1 aromatic heterocycles. The number of halogens is 1. The first kappa shape index (κ1) is 24.5. The van der Waals surface area contributed by atoms with E-state index in [-0.39, 0.29) is 17.1 Å². The molecule has 0 saturated carbocycles. The fraction of sp³-hybridized carbons (Fsp3) is 0.333. The van der Waals surface area contributed by atoms with Gasteiger partial charge in [-0.25, -0.2) is 18.3 Å². The van der Waals surface area contributed by atoms with Crippen LogP contribution < -0.4 is 17.2 Å². The first-order valence-electron chi connectivity index (χ1n) is 8.74. The third-order valence-corrected chi connectivity index (χ3v) is 5.44. The van der Waals surface area contributed by atoms with Crippen molar-refractivity contribution in [3.8, 4) is 11.1 Å². The molecule has 0 unspecified atom stereocenters. The summed E-state index contributed by atoms with van der Waals surface area (Å²) >= 11 is 0. The largest absolute Gasteiger partial charge is 0.470 e. The first-order valence-corrected chi connectivity index (χ1v) is 11.8. The maximum absolute atomic E-state index is 15.1. The van der Waals surface area contributed by atoms with E-state index in [0.29, 0.717) is 10.1 Å². The summed E-state index contributed by atoms with van der Waals surface area (Å²) in [5.74, 6) is -0.220. The van der Waals surface area contributed by atoms with Crippen molar-refractivity contribution in [3.63, 3.8) is 0 Å². The number of hydrogen-bond donors (Lipinski definition) is 6. The minimum atomic E-state index is -5.26. The molecular weight excluding hydrogens is 477 g/mol. The number of rotatable bonds is 7. The molecule has 1 fully saturated rings. The third-order valence-electron chi connectivity index (χ3n) is 4.44. The molecule has 17 heteroatoms. The number of alkyl halides is 1. The standard InChI is InChI=1S/C15H19FN4O10P2/c16-11-12(30-32(25,26)27)10(6-28-31(22,23)24)29-14(11)20-5-8(13(18)19-15(20)21)7-3-1-2-4-9(7)17/h1-5,10-12,14H,6,17H2,(H2,18,19,21)(H2,22,23,24)(H2,25,26,27)/t10-,11+,12-,14-/m1/s1. The summed E-state index contributed by atoms with van der Waals surface area (Å²) in [6.07, 6.45) is -6.88. The van der Waals surface area contributed by atoms with Crippen molar-refractivity contribution in [2.24, 2.45) is 0 Å². The van der Waals surface area contributed by atoms with Crippen LogP contribution in [0.15, 0.2) is 35.3 Å². The fourth-order valence-electron chi connectivity index (χ4n) is 3.12. The summed E-state index contributed by atoms with van der Waals surface area (Å²) in [7, 11) is -10.3. The highest BCUT2D eigenvalue weighted by molar-refractivity contribution is 7.46. The van der Waals surface area contributed by atoms with Crippen molar-refractivity contribution in [2.45, 2.75) is 24.6 Å². The molecule has 0 bridgehead atoms. The van der Waals surface area contributed by atoms with Crippen LogP contribution in [0.2, 0.25) is 0 Å². The lowest BCUT2D eigenvalue weighted by Crippen LogP contribution is -2.35. The van der Waals surface area contributed by atoms with Gasteiger partial charge in [0.1, 0.15) is 18.0 Å². The Bertz CT molecular complexity index is 1150. The number of benzene rings is 1. The van der Waals surface area contributed by atoms with Gasteiger partial charge < -0.3 is 35.8 Å². The van der Waals surface area contributed by atoms with Crippen LogP contribution in [0.25, 0.3) is 11.1 Å². The molecule has 2 aromatic rings.